The van der Waals surface area contributed by atoms with Gasteiger partial charge in [0.25, 0.3) is 0 Å². The lowest BCUT2D eigenvalue weighted by Crippen LogP contribution is -2.33. The summed E-state index contributed by atoms with van der Waals surface area (Å²) in [7, 11) is 0. The van der Waals surface area contributed by atoms with Crippen molar-refractivity contribution in [3.8, 4) is 0 Å². The number of aromatic carboxylic acids is 1. The molecular weight excluding hydrogens is 539 g/mol. The molecule has 1 fully saturated rings. The molecule has 42 heavy (non-hydrogen) atoms. The summed E-state index contributed by atoms with van der Waals surface area (Å²) in [6, 6.07) is 13.4. The molecule has 0 atom stereocenters. The summed E-state index contributed by atoms with van der Waals surface area (Å²) in [6.07, 6.45) is 7.41. The smallest absolute Gasteiger partial charge is 0.335 e. The number of aromatic nitrogens is 6. The Bertz CT molecular complexity index is 1650. The number of carbonyl (C=O) groups is 1. The molecule has 12 heteroatoms. The topological polar surface area (TPSA) is 138 Å². The summed E-state index contributed by atoms with van der Waals surface area (Å²) in [4.78, 5) is 30.5. The van der Waals surface area contributed by atoms with Crippen LogP contribution in [0.25, 0.3) is 11.0 Å². The fourth-order valence-electron chi connectivity index (χ4n) is 5.45. The van der Waals surface area contributed by atoms with E-state index in [1.807, 2.05) is 24.8 Å². The third-order valence-corrected chi connectivity index (χ3v) is 7.77. The highest BCUT2D eigenvalue weighted by Gasteiger charge is 2.25. The van der Waals surface area contributed by atoms with Crippen LogP contribution in [0.5, 0.6) is 0 Å². The second kappa shape index (κ2) is 12.5. The SMILES string of the molecule is CCn1cncc1Cn1c(CN2CCC(c3ccn(OCc4ccc(F)cc4)n3)CC2)nc2ccc(C(=O)O)cc21.N. The van der Waals surface area contributed by atoms with Crippen molar-refractivity contribution >= 4 is 17.0 Å². The first kappa shape index (κ1) is 29.0. The second-order valence-corrected chi connectivity index (χ2v) is 10.4. The van der Waals surface area contributed by atoms with Gasteiger partial charge in [0.15, 0.2) is 0 Å². The summed E-state index contributed by atoms with van der Waals surface area (Å²) in [5.74, 6) is 0.0150. The van der Waals surface area contributed by atoms with Gasteiger partial charge in [0.2, 0.25) is 0 Å². The van der Waals surface area contributed by atoms with E-state index in [1.165, 1.54) is 17.0 Å². The number of fused-ring (bicyclic) bond motifs is 1. The van der Waals surface area contributed by atoms with Crippen molar-refractivity contribution < 1.29 is 19.1 Å². The second-order valence-electron chi connectivity index (χ2n) is 10.4. The minimum Gasteiger partial charge on any atom is -0.478 e. The van der Waals surface area contributed by atoms with Gasteiger partial charge in [0, 0.05) is 18.7 Å². The van der Waals surface area contributed by atoms with Crippen molar-refractivity contribution in [1.82, 2.24) is 40.1 Å². The number of aryl methyl sites for hydroxylation is 1. The van der Waals surface area contributed by atoms with Gasteiger partial charge in [-0.1, -0.05) is 12.1 Å². The molecule has 0 saturated carbocycles. The quantitative estimate of drug-likeness (QED) is 0.249. The molecule has 0 amide bonds. The predicted octanol–water partition coefficient (Wildman–Crippen LogP) is 4.51. The van der Waals surface area contributed by atoms with Crippen LogP contribution in [0, 0.1) is 5.82 Å². The number of piperidine rings is 1. The Kier molecular flexibility index (Phi) is 8.64. The van der Waals surface area contributed by atoms with Crippen molar-refractivity contribution in [2.45, 2.75) is 51.9 Å². The molecule has 2 aromatic carbocycles. The summed E-state index contributed by atoms with van der Waals surface area (Å²) in [5, 5.41) is 14.2. The maximum absolute atomic E-state index is 13.1. The Morgan fingerprint density at radius 2 is 1.88 bits per heavy atom. The number of likely N-dealkylation sites (tertiary alicyclic amines) is 1. The monoisotopic (exact) mass is 574 g/mol. The lowest BCUT2D eigenvalue weighted by atomic mass is 9.94. The first-order valence-electron chi connectivity index (χ1n) is 13.8. The molecule has 4 heterocycles. The zero-order valence-electron chi connectivity index (χ0n) is 23.6. The number of imidazole rings is 2. The van der Waals surface area contributed by atoms with E-state index in [0.29, 0.717) is 25.6 Å². The predicted molar refractivity (Wildman–Crippen MR) is 155 cm³/mol. The molecule has 1 aliphatic heterocycles. The van der Waals surface area contributed by atoms with E-state index in [2.05, 4.69) is 31.0 Å². The van der Waals surface area contributed by atoms with Crippen LogP contribution in [0.4, 0.5) is 4.39 Å². The number of halogens is 1. The number of rotatable bonds is 10. The fraction of sp³-hybridized carbons (Fsp3) is 0.333. The van der Waals surface area contributed by atoms with Gasteiger partial charge >= 0.3 is 5.97 Å². The van der Waals surface area contributed by atoms with Crippen LogP contribution in [0.3, 0.4) is 0 Å². The van der Waals surface area contributed by atoms with E-state index < -0.39 is 5.97 Å². The maximum atomic E-state index is 13.1. The summed E-state index contributed by atoms with van der Waals surface area (Å²) in [6.45, 7) is 6.21. The van der Waals surface area contributed by atoms with Gasteiger partial charge in [-0.2, -0.15) is 0 Å². The maximum Gasteiger partial charge on any atom is 0.335 e. The third kappa shape index (κ3) is 6.19. The van der Waals surface area contributed by atoms with Crippen molar-refractivity contribution in [1.29, 1.82) is 0 Å². The Hall–Kier alpha value is -4.55. The molecule has 3 aromatic heterocycles. The van der Waals surface area contributed by atoms with E-state index in [4.69, 9.17) is 9.82 Å². The number of nitrogens with zero attached hydrogens (tertiary/aromatic N) is 7. The van der Waals surface area contributed by atoms with Crippen LogP contribution in [0.15, 0.2) is 67.3 Å². The summed E-state index contributed by atoms with van der Waals surface area (Å²) in [5.41, 5.74) is 4.77. The molecule has 11 nitrogen and oxygen atoms in total. The highest BCUT2D eigenvalue weighted by molar-refractivity contribution is 5.92. The number of hydrogen-bond donors (Lipinski definition) is 2. The Morgan fingerprint density at radius 1 is 1.10 bits per heavy atom. The van der Waals surface area contributed by atoms with E-state index in [9.17, 15) is 14.3 Å². The Morgan fingerprint density at radius 3 is 2.62 bits per heavy atom. The highest BCUT2D eigenvalue weighted by atomic mass is 19.1. The van der Waals surface area contributed by atoms with E-state index in [1.54, 1.807) is 30.3 Å². The van der Waals surface area contributed by atoms with Crippen LogP contribution in [-0.4, -0.2) is 58.1 Å². The van der Waals surface area contributed by atoms with E-state index >= 15 is 0 Å². The summed E-state index contributed by atoms with van der Waals surface area (Å²) < 4.78 is 17.3. The number of carboxylic acids is 1. The number of carboxylic acid groups (broad SMARTS) is 1. The molecular formula is C30H35FN8O3. The number of benzene rings is 2. The average Bonchev–Trinajstić information content (AvgIpc) is 3.72. The van der Waals surface area contributed by atoms with Crippen LogP contribution in [0.1, 0.15) is 58.8 Å². The standard InChI is InChI=1S/C30H32FN7O3.H3N/c1-2-36-20-32-16-25(36)17-37-28-15-23(30(39)40)5-8-27(28)33-29(37)18-35-12-9-22(10-13-35)26-11-14-38(34-26)41-19-21-3-6-24(31)7-4-21;/h3-8,11,14-16,20,22H,2,9-10,12-13,17-19H2,1H3,(H,39,40);1H3. The fourth-order valence-corrected chi connectivity index (χ4v) is 5.45. The lowest BCUT2D eigenvalue weighted by Gasteiger charge is -2.31. The van der Waals surface area contributed by atoms with Gasteiger partial charge in [-0.05, 0) is 74.8 Å². The minimum absolute atomic E-state index is 0. The van der Waals surface area contributed by atoms with E-state index in [-0.39, 0.29) is 17.5 Å². The highest BCUT2D eigenvalue weighted by Crippen LogP contribution is 2.28. The van der Waals surface area contributed by atoms with Crippen molar-refractivity contribution in [2.24, 2.45) is 0 Å². The van der Waals surface area contributed by atoms with Crippen molar-refractivity contribution in [2.75, 3.05) is 13.1 Å². The molecule has 5 aromatic rings. The van der Waals surface area contributed by atoms with E-state index in [0.717, 1.165) is 66.3 Å². The molecule has 6 rings (SSSR count). The van der Waals surface area contributed by atoms with Gasteiger partial charge in [0.1, 0.15) is 18.2 Å². The van der Waals surface area contributed by atoms with Crippen LogP contribution < -0.4 is 11.0 Å². The van der Waals surface area contributed by atoms with Gasteiger partial charge in [-0.15, -0.1) is 9.94 Å². The van der Waals surface area contributed by atoms with Gasteiger partial charge in [0.05, 0.1) is 53.6 Å². The van der Waals surface area contributed by atoms with Crippen molar-refractivity contribution in [3.63, 3.8) is 0 Å². The van der Waals surface area contributed by atoms with Crippen LogP contribution in [0.2, 0.25) is 0 Å². The minimum atomic E-state index is -0.954. The van der Waals surface area contributed by atoms with Crippen LogP contribution >= 0.6 is 0 Å². The molecule has 4 N–H and O–H groups in total. The molecule has 1 aliphatic rings. The molecule has 0 radical (unpaired) electrons. The van der Waals surface area contributed by atoms with Gasteiger partial charge in [-0.3, -0.25) is 4.90 Å². The Labute approximate surface area is 242 Å². The molecule has 220 valence electrons. The normalized spacial score (nSPS) is 14.2. The molecule has 0 aliphatic carbocycles. The molecule has 1 saturated heterocycles. The molecule has 0 spiro atoms. The zero-order chi connectivity index (χ0) is 28.3. The first-order valence-corrected chi connectivity index (χ1v) is 13.8. The first-order chi connectivity index (χ1) is 20.0. The molecule has 0 unspecified atom stereocenters. The summed E-state index contributed by atoms with van der Waals surface area (Å²) >= 11 is 0. The van der Waals surface area contributed by atoms with Gasteiger partial charge in [-0.25, -0.2) is 19.2 Å². The molecule has 0 bridgehead atoms. The third-order valence-electron chi connectivity index (χ3n) is 7.77. The van der Waals surface area contributed by atoms with Gasteiger partial charge < -0.3 is 25.2 Å². The largest absolute Gasteiger partial charge is 0.478 e. The number of hydrogen-bond acceptors (Lipinski definition) is 7. The average molecular weight is 575 g/mol. The Balaban J connectivity index is 0.00000353. The van der Waals surface area contributed by atoms with Crippen molar-refractivity contribution in [3.05, 3.63) is 101 Å². The zero-order valence-corrected chi connectivity index (χ0v) is 23.6. The lowest BCUT2D eigenvalue weighted by molar-refractivity contribution is 0.0682. The van der Waals surface area contributed by atoms with Crippen LogP contribution in [-0.2, 0) is 26.2 Å².